The van der Waals surface area contributed by atoms with Gasteiger partial charge in [0.05, 0.1) is 6.61 Å². The van der Waals surface area contributed by atoms with E-state index in [1.165, 1.54) is 5.56 Å². The Hall–Kier alpha value is -1.93. The number of ether oxygens (including phenoxy) is 1. The largest absolute Gasteiger partial charge is 0.380 e. The fourth-order valence-corrected chi connectivity index (χ4v) is 1.27. The van der Waals surface area contributed by atoms with Crippen LogP contribution in [0.2, 0.25) is 0 Å². The highest BCUT2D eigenvalue weighted by Crippen LogP contribution is 1.98. The highest BCUT2D eigenvalue weighted by atomic mass is 16.5. The summed E-state index contributed by atoms with van der Waals surface area (Å²) in [5.74, 6) is 0. The van der Waals surface area contributed by atoms with Crippen molar-refractivity contribution in [1.82, 2.24) is 0 Å². The lowest BCUT2D eigenvalue weighted by atomic mass is 10.2. The first-order chi connectivity index (χ1) is 8.36. The first-order valence-electron chi connectivity index (χ1n) is 5.40. The van der Waals surface area contributed by atoms with E-state index in [1.807, 2.05) is 48.5 Å². The van der Waals surface area contributed by atoms with Gasteiger partial charge in [0.1, 0.15) is 6.29 Å². The van der Waals surface area contributed by atoms with E-state index in [-0.39, 0.29) is 0 Å². The number of methoxy groups -OCH3 is 1. The van der Waals surface area contributed by atoms with E-state index >= 15 is 0 Å². The molecule has 2 heteroatoms. The lowest BCUT2D eigenvalue weighted by Gasteiger charge is -1.95. The molecule has 0 spiro atoms. The zero-order valence-corrected chi connectivity index (χ0v) is 9.87. The summed E-state index contributed by atoms with van der Waals surface area (Å²) in [7, 11) is 1.70. The van der Waals surface area contributed by atoms with Crippen LogP contribution in [0, 0.1) is 0 Å². The quantitative estimate of drug-likeness (QED) is 0.753. The summed E-state index contributed by atoms with van der Waals surface area (Å²) in [6, 6.07) is 19.2. The SMILES string of the molecule is COCc1ccccc1.O=Cc1ccccc1. The average Bonchev–Trinajstić information content (AvgIpc) is 2.42. The van der Waals surface area contributed by atoms with Gasteiger partial charge in [-0.05, 0) is 5.56 Å². The molecule has 0 atom stereocenters. The molecular weight excluding hydrogens is 212 g/mol. The van der Waals surface area contributed by atoms with Gasteiger partial charge in [0.15, 0.2) is 0 Å². The van der Waals surface area contributed by atoms with E-state index in [4.69, 9.17) is 4.74 Å². The van der Waals surface area contributed by atoms with E-state index in [0.29, 0.717) is 6.61 Å². The molecule has 0 aliphatic rings. The lowest BCUT2D eigenvalue weighted by molar-refractivity contribution is 0.112. The van der Waals surface area contributed by atoms with Crippen LogP contribution in [0.1, 0.15) is 15.9 Å². The number of hydrogen-bond donors (Lipinski definition) is 0. The second-order valence-corrected chi connectivity index (χ2v) is 3.45. The van der Waals surface area contributed by atoms with Gasteiger partial charge in [-0.2, -0.15) is 0 Å². The summed E-state index contributed by atoms with van der Waals surface area (Å²) < 4.78 is 4.93. The molecule has 2 nitrogen and oxygen atoms in total. The van der Waals surface area contributed by atoms with Gasteiger partial charge in [-0.3, -0.25) is 4.79 Å². The minimum atomic E-state index is 0.709. The molecule has 17 heavy (non-hydrogen) atoms. The van der Waals surface area contributed by atoms with E-state index < -0.39 is 0 Å². The molecule has 0 amide bonds. The van der Waals surface area contributed by atoms with Crippen LogP contribution < -0.4 is 0 Å². The Kier molecular flexibility index (Phi) is 6.37. The summed E-state index contributed by atoms with van der Waals surface area (Å²) in [5, 5.41) is 0. The summed E-state index contributed by atoms with van der Waals surface area (Å²) >= 11 is 0. The molecule has 88 valence electrons. The zero-order valence-electron chi connectivity index (χ0n) is 9.87. The topological polar surface area (TPSA) is 26.3 Å². The van der Waals surface area contributed by atoms with Crippen molar-refractivity contribution < 1.29 is 9.53 Å². The second-order valence-electron chi connectivity index (χ2n) is 3.45. The summed E-state index contributed by atoms with van der Waals surface area (Å²) in [5.41, 5.74) is 1.95. The van der Waals surface area contributed by atoms with Gasteiger partial charge in [-0.15, -0.1) is 0 Å². The molecule has 2 rings (SSSR count). The standard InChI is InChI=1S/C8H10O.C7H6O/c1-9-7-8-5-3-2-4-6-8;8-6-7-4-2-1-3-5-7/h2-6H,7H2,1H3;1-6H. The predicted molar refractivity (Wildman–Crippen MR) is 69.0 cm³/mol. The summed E-state index contributed by atoms with van der Waals surface area (Å²) in [4.78, 5) is 10.0. The highest BCUT2D eigenvalue weighted by Gasteiger charge is 1.84. The van der Waals surface area contributed by atoms with Gasteiger partial charge in [-0.25, -0.2) is 0 Å². The van der Waals surface area contributed by atoms with Crippen LogP contribution in [0.25, 0.3) is 0 Å². The molecule has 0 unspecified atom stereocenters. The molecule has 2 aromatic carbocycles. The van der Waals surface area contributed by atoms with Crippen LogP contribution >= 0.6 is 0 Å². The van der Waals surface area contributed by atoms with Crippen LogP contribution in [-0.2, 0) is 11.3 Å². The van der Waals surface area contributed by atoms with Gasteiger partial charge in [0.25, 0.3) is 0 Å². The number of aldehydes is 1. The van der Waals surface area contributed by atoms with Crippen molar-refractivity contribution >= 4 is 6.29 Å². The summed E-state index contributed by atoms with van der Waals surface area (Å²) in [6.07, 6.45) is 0.833. The zero-order chi connectivity index (χ0) is 12.3. The number of benzene rings is 2. The lowest BCUT2D eigenvalue weighted by Crippen LogP contribution is -1.84. The summed E-state index contributed by atoms with van der Waals surface area (Å²) in [6.45, 7) is 0.709. The van der Waals surface area contributed by atoms with E-state index in [9.17, 15) is 4.79 Å². The Morgan fingerprint density at radius 1 is 0.941 bits per heavy atom. The van der Waals surface area contributed by atoms with Crippen molar-refractivity contribution in [1.29, 1.82) is 0 Å². The van der Waals surface area contributed by atoms with Crippen LogP contribution in [0.3, 0.4) is 0 Å². The molecule has 0 saturated carbocycles. The number of rotatable bonds is 3. The van der Waals surface area contributed by atoms with Crippen molar-refractivity contribution in [2.75, 3.05) is 7.11 Å². The van der Waals surface area contributed by atoms with Crippen molar-refractivity contribution in [3.8, 4) is 0 Å². The number of carbonyl (C=O) groups is 1. The van der Waals surface area contributed by atoms with Crippen LogP contribution in [0.4, 0.5) is 0 Å². The average molecular weight is 228 g/mol. The number of hydrogen-bond acceptors (Lipinski definition) is 2. The predicted octanol–water partition coefficient (Wildman–Crippen LogP) is 3.33. The third kappa shape index (κ3) is 5.64. The van der Waals surface area contributed by atoms with Gasteiger partial charge >= 0.3 is 0 Å². The first-order valence-corrected chi connectivity index (χ1v) is 5.40. The van der Waals surface area contributed by atoms with Gasteiger partial charge < -0.3 is 4.74 Å². The Labute approximate surface area is 102 Å². The highest BCUT2D eigenvalue weighted by molar-refractivity contribution is 5.74. The third-order valence-electron chi connectivity index (χ3n) is 2.09. The van der Waals surface area contributed by atoms with E-state index in [1.54, 1.807) is 19.2 Å². The molecule has 0 radical (unpaired) electrons. The molecule has 0 aliphatic heterocycles. The molecule has 0 fully saturated rings. The van der Waals surface area contributed by atoms with Gasteiger partial charge in [0, 0.05) is 12.7 Å². The minimum absolute atomic E-state index is 0.709. The fraction of sp³-hybridized carbons (Fsp3) is 0.133. The fourth-order valence-electron chi connectivity index (χ4n) is 1.27. The van der Waals surface area contributed by atoms with Crippen molar-refractivity contribution in [3.05, 3.63) is 71.8 Å². The smallest absolute Gasteiger partial charge is 0.150 e. The maximum absolute atomic E-state index is 10.0. The Morgan fingerprint density at radius 3 is 1.88 bits per heavy atom. The van der Waals surface area contributed by atoms with Gasteiger partial charge in [0.2, 0.25) is 0 Å². The molecule has 2 aromatic rings. The van der Waals surface area contributed by atoms with E-state index in [0.717, 1.165) is 11.8 Å². The molecule has 0 N–H and O–H groups in total. The Balaban J connectivity index is 0.000000171. The maximum Gasteiger partial charge on any atom is 0.150 e. The van der Waals surface area contributed by atoms with Crippen molar-refractivity contribution in [2.24, 2.45) is 0 Å². The van der Waals surface area contributed by atoms with Crippen LogP contribution in [0.15, 0.2) is 60.7 Å². The van der Waals surface area contributed by atoms with E-state index in [2.05, 4.69) is 0 Å². The molecule has 0 heterocycles. The van der Waals surface area contributed by atoms with Crippen molar-refractivity contribution in [3.63, 3.8) is 0 Å². The molecular formula is C15H16O2. The normalized spacial score (nSPS) is 9.00. The minimum Gasteiger partial charge on any atom is -0.380 e. The van der Waals surface area contributed by atoms with Gasteiger partial charge in [-0.1, -0.05) is 60.7 Å². The Bertz CT molecular complexity index is 409. The molecule has 0 saturated heterocycles. The van der Waals surface area contributed by atoms with Crippen LogP contribution in [-0.4, -0.2) is 13.4 Å². The monoisotopic (exact) mass is 228 g/mol. The molecule has 0 bridgehead atoms. The first kappa shape index (κ1) is 13.1. The second kappa shape index (κ2) is 8.25. The molecule has 0 aromatic heterocycles. The van der Waals surface area contributed by atoms with Crippen molar-refractivity contribution in [2.45, 2.75) is 6.61 Å². The number of carbonyl (C=O) groups excluding carboxylic acids is 1. The van der Waals surface area contributed by atoms with Crippen LogP contribution in [0.5, 0.6) is 0 Å². The molecule has 0 aliphatic carbocycles. The third-order valence-corrected chi connectivity index (χ3v) is 2.09. The Morgan fingerprint density at radius 2 is 1.47 bits per heavy atom. The maximum atomic E-state index is 10.0.